The molecule has 216 valence electrons. The van der Waals surface area contributed by atoms with Gasteiger partial charge in [0, 0.05) is 37.7 Å². The lowest BCUT2D eigenvalue weighted by molar-refractivity contribution is 0.834. The van der Waals surface area contributed by atoms with Crippen LogP contribution in [0, 0.1) is 20.8 Å². The van der Waals surface area contributed by atoms with Crippen molar-refractivity contribution in [3.05, 3.63) is 131 Å². The summed E-state index contributed by atoms with van der Waals surface area (Å²) in [6, 6.07) is 37.9. The van der Waals surface area contributed by atoms with Crippen molar-refractivity contribution in [3.63, 3.8) is 0 Å². The minimum absolute atomic E-state index is 0.0602. The van der Waals surface area contributed by atoms with Gasteiger partial charge < -0.3 is 10.2 Å². The van der Waals surface area contributed by atoms with Crippen molar-refractivity contribution < 1.29 is 0 Å². The normalized spacial score (nSPS) is 14.6. The molecule has 4 heteroatoms. The number of thiophene rings is 1. The molecule has 1 unspecified atom stereocenters. The molecule has 2 aromatic heterocycles. The van der Waals surface area contributed by atoms with Crippen LogP contribution in [0.1, 0.15) is 53.7 Å². The van der Waals surface area contributed by atoms with E-state index in [1.807, 2.05) is 11.3 Å². The number of nitrogens with one attached hydrogen (secondary N) is 1. The SMILES string of the molecule is Cc1cccc(C)c1-c1ccc2c(n1)sc1c(C3Nc4ccc5ccccc5c4N3c3ccc(C(C)C)cc3)ccc(C)c12. The highest BCUT2D eigenvalue weighted by Gasteiger charge is 2.34. The molecule has 0 fully saturated rings. The van der Waals surface area contributed by atoms with Crippen LogP contribution >= 0.6 is 11.3 Å². The maximum atomic E-state index is 5.28. The van der Waals surface area contributed by atoms with Crippen LogP contribution in [0.2, 0.25) is 0 Å². The Morgan fingerprint density at radius 1 is 0.727 bits per heavy atom. The van der Waals surface area contributed by atoms with E-state index in [1.54, 1.807) is 0 Å². The number of hydrogen-bond donors (Lipinski definition) is 1. The lowest BCUT2D eigenvalue weighted by Gasteiger charge is -2.29. The Labute approximate surface area is 262 Å². The van der Waals surface area contributed by atoms with Gasteiger partial charge >= 0.3 is 0 Å². The van der Waals surface area contributed by atoms with E-state index in [1.165, 1.54) is 71.0 Å². The summed E-state index contributed by atoms with van der Waals surface area (Å²) in [4.78, 5) is 8.87. The first kappa shape index (κ1) is 26.9. The second kappa shape index (κ2) is 10.2. The van der Waals surface area contributed by atoms with E-state index >= 15 is 0 Å². The summed E-state index contributed by atoms with van der Waals surface area (Å²) >= 11 is 1.82. The van der Waals surface area contributed by atoms with Gasteiger partial charge in [-0.1, -0.05) is 86.6 Å². The molecule has 44 heavy (non-hydrogen) atoms. The van der Waals surface area contributed by atoms with Crippen molar-refractivity contribution >= 4 is 59.5 Å². The van der Waals surface area contributed by atoms with Gasteiger partial charge in [0.1, 0.15) is 11.0 Å². The van der Waals surface area contributed by atoms with Crippen molar-refractivity contribution in [1.82, 2.24) is 4.98 Å². The van der Waals surface area contributed by atoms with Crippen LogP contribution in [0.4, 0.5) is 17.1 Å². The number of pyridine rings is 1. The first-order valence-electron chi connectivity index (χ1n) is 15.5. The summed E-state index contributed by atoms with van der Waals surface area (Å²) in [6.07, 6.45) is -0.0602. The van der Waals surface area contributed by atoms with Crippen molar-refractivity contribution in [3.8, 4) is 11.3 Å². The molecule has 0 radical (unpaired) electrons. The minimum Gasteiger partial charge on any atom is -0.359 e. The van der Waals surface area contributed by atoms with Crippen LogP contribution < -0.4 is 10.2 Å². The Kier molecular flexibility index (Phi) is 6.25. The molecule has 3 heterocycles. The molecule has 8 rings (SSSR count). The first-order chi connectivity index (χ1) is 21.4. The minimum atomic E-state index is -0.0602. The predicted octanol–water partition coefficient (Wildman–Crippen LogP) is 11.6. The summed E-state index contributed by atoms with van der Waals surface area (Å²) in [5.41, 5.74) is 12.3. The lowest BCUT2D eigenvalue weighted by atomic mass is 9.98. The molecule has 1 N–H and O–H groups in total. The van der Waals surface area contributed by atoms with E-state index in [9.17, 15) is 0 Å². The molecule has 5 aromatic carbocycles. The number of nitrogens with zero attached hydrogens (tertiary/aromatic N) is 2. The zero-order valence-electron chi connectivity index (χ0n) is 25.8. The van der Waals surface area contributed by atoms with E-state index in [0.29, 0.717) is 5.92 Å². The fraction of sp³-hybridized carbons (Fsp3) is 0.175. The smallest absolute Gasteiger partial charge is 0.132 e. The highest BCUT2D eigenvalue weighted by Crippen LogP contribution is 2.52. The Morgan fingerprint density at radius 2 is 1.50 bits per heavy atom. The van der Waals surface area contributed by atoms with E-state index < -0.39 is 0 Å². The third kappa shape index (κ3) is 4.12. The Morgan fingerprint density at radius 3 is 2.27 bits per heavy atom. The average molecular weight is 590 g/mol. The first-order valence-corrected chi connectivity index (χ1v) is 16.3. The van der Waals surface area contributed by atoms with Gasteiger partial charge in [-0.3, -0.25) is 0 Å². The topological polar surface area (TPSA) is 28.2 Å². The van der Waals surface area contributed by atoms with Crippen molar-refractivity contribution in [1.29, 1.82) is 0 Å². The summed E-state index contributed by atoms with van der Waals surface area (Å²) in [7, 11) is 0. The van der Waals surface area contributed by atoms with Crippen molar-refractivity contribution in [2.75, 3.05) is 10.2 Å². The maximum Gasteiger partial charge on any atom is 0.132 e. The Hall–Kier alpha value is -4.67. The van der Waals surface area contributed by atoms with Gasteiger partial charge in [-0.05, 0) is 84.7 Å². The van der Waals surface area contributed by atoms with Crippen molar-refractivity contribution in [2.45, 2.75) is 46.7 Å². The molecule has 1 aliphatic heterocycles. The van der Waals surface area contributed by atoms with Crippen LogP contribution in [0.5, 0.6) is 0 Å². The maximum absolute atomic E-state index is 5.28. The van der Waals surface area contributed by atoms with Gasteiger partial charge in [-0.15, -0.1) is 11.3 Å². The average Bonchev–Trinajstić information content (AvgIpc) is 3.61. The van der Waals surface area contributed by atoms with Crippen LogP contribution in [0.15, 0.2) is 103 Å². The summed E-state index contributed by atoms with van der Waals surface area (Å²) in [5.74, 6) is 0.487. The van der Waals surface area contributed by atoms with Gasteiger partial charge in [-0.25, -0.2) is 4.98 Å². The third-order valence-corrected chi connectivity index (χ3v) is 10.4. The molecule has 0 spiro atoms. The summed E-state index contributed by atoms with van der Waals surface area (Å²) in [5, 5.41) is 8.99. The number of aromatic nitrogens is 1. The van der Waals surface area contributed by atoms with Gasteiger partial charge in [0.15, 0.2) is 0 Å². The Bertz CT molecular complexity index is 2200. The molecule has 1 atom stereocenters. The number of rotatable bonds is 4. The van der Waals surface area contributed by atoms with Gasteiger partial charge in [0.25, 0.3) is 0 Å². The highest BCUT2D eigenvalue weighted by molar-refractivity contribution is 7.25. The standard InChI is InChI=1S/C40H35N3S/c1-23(2)27-14-17-29(18-15-27)43-37-30-12-7-6-11-28(30)16-21-34(37)41-39(43)32-19-13-26(5)36-31-20-22-33(42-40(31)44-38(32)36)35-24(3)9-8-10-25(35)4/h6-23,39,41H,1-5H3. The molecule has 0 saturated heterocycles. The summed E-state index contributed by atoms with van der Waals surface area (Å²) in [6.45, 7) is 11.1. The van der Waals surface area contributed by atoms with Crippen LogP contribution in [-0.4, -0.2) is 4.98 Å². The van der Waals surface area contributed by atoms with E-state index in [4.69, 9.17) is 4.98 Å². The van der Waals surface area contributed by atoms with Crippen LogP contribution in [0.3, 0.4) is 0 Å². The molecular formula is C40H35N3S. The second-order valence-corrected chi connectivity index (χ2v) is 13.4. The van der Waals surface area contributed by atoms with Crippen LogP contribution in [-0.2, 0) is 0 Å². The van der Waals surface area contributed by atoms with Crippen molar-refractivity contribution in [2.24, 2.45) is 0 Å². The largest absolute Gasteiger partial charge is 0.359 e. The molecule has 0 saturated carbocycles. The molecule has 0 amide bonds. The fourth-order valence-corrected chi connectivity index (χ4v) is 8.29. The highest BCUT2D eigenvalue weighted by atomic mass is 32.1. The predicted molar refractivity (Wildman–Crippen MR) is 190 cm³/mol. The van der Waals surface area contributed by atoms with Gasteiger partial charge in [-0.2, -0.15) is 0 Å². The van der Waals surface area contributed by atoms with E-state index in [2.05, 4.69) is 148 Å². The quantitative estimate of drug-likeness (QED) is 0.221. The molecular weight excluding hydrogens is 555 g/mol. The second-order valence-electron chi connectivity index (χ2n) is 12.4. The van der Waals surface area contributed by atoms with Crippen LogP contribution in [0.25, 0.3) is 42.3 Å². The fourth-order valence-electron chi connectivity index (χ4n) is 7.01. The zero-order chi connectivity index (χ0) is 30.1. The zero-order valence-corrected chi connectivity index (χ0v) is 26.6. The molecule has 7 aromatic rings. The number of aryl methyl sites for hydroxylation is 3. The number of hydrogen-bond acceptors (Lipinski definition) is 4. The molecule has 3 nitrogen and oxygen atoms in total. The number of benzene rings is 5. The molecule has 1 aliphatic rings. The lowest BCUT2D eigenvalue weighted by Crippen LogP contribution is -2.23. The van der Waals surface area contributed by atoms with E-state index in [0.717, 1.165) is 16.2 Å². The van der Waals surface area contributed by atoms with Gasteiger partial charge in [0.05, 0.1) is 17.1 Å². The summed E-state index contributed by atoms with van der Waals surface area (Å²) < 4.78 is 1.30. The molecule has 0 aliphatic carbocycles. The van der Waals surface area contributed by atoms with E-state index in [-0.39, 0.29) is 6.17 Å². The third-order valence-electron chi connectivity index (χ3n) is 9.29. The number of fused-ring (bicyclic) bond motifs is 6. The Balaban J connectivity index is 1.34. The number of anilines is 3. The molecule has 0 bridgehead atoms. The monoisotopic (exact) mass is 589 g/mol. The van der Waals surface area contributed by atoms with Gasteiger partial charge in [0.2, 0.25) is 0 Å².